The molecule has 26 heavy (non-hydrogen) atoms. The molecule has 1 unspecified atom stereocenters. The summed E-state index contributed by atoms with van der Waals surface area (Å²) in [5.74, 6) is -0.859. The van der Waals surface area contributed by atoms with E-state index in [0.29, 0.717) is 13.1 Å². The first-order valence-corrected chi connectivity index (χ1v) is 9.55. The van der Waals surface area contributed by atoms with Crippen molar-refractivity contribution in [3.8, 4) is 0 Å². The molecule has 0 spiro atoms. The highest BCUT2D eigenvalue weighted by Crippen LogP contribution is 2.31. The number of piperidine rings is 1. The van der Waals surface area contributed by atoms with Gasteiger partial charge in [0.05, 0.1) is 18.7 Å². The van der Waals surface area contributed by atoms with Crippen LogP contribution in [0.4, 0.5) is 0 Å². The smallest absolute Gasteiger partial charge is 0.269 e. The normalized spacial score (nSPS) is 21.3. The predicted octanol–water partition coefficient (Wildman–Crippen LogP) is 0.463. The van der Waals surface area contributed by atoms with Crippen molar-refractivity contribution in [1.29, 1.82) is 0 Å². The Morgan fingerprint density at radius 1 is 1.38 bits per heavy atom. The Balaban J connectivity index is 0.00000243. The molecule has 8 nitrogen and oxygen atoms in total. The zero-order valence-corrected chi connectivity index (χ0v) is 16.0. The minimum absolute atomic E-state index is 0. The molecule has 0 bridgehead atoms. The number of nitrogens with two attached hydrogens (primary N) is 1. The highest BCUT2D eigenvalue weighted by Gasteiger charge is 2.41. The molecule has 0 aliphatic carbocycles. The highest BCUT2D eigenvalue weighted by atomic mass is 35.5. The monoisotopic (exact) mass is 403 g/mol. The summed E-state index contributed by atoms with van der Waals surface area (Å²) in [4.78, 5) is 26.5. The lowest BCUT2D eigenvalue weighted by Gasteiger charge is -2.30. The van der Waals surface area contributed by atoms with Gasteiger partial charge in [-0.15, -0.1) is 12.4 Å². The number of ether oxygens (including phenoxy) is 1. The topological polar surface area (TPSA) is 110 Å². The van der Waals surface area contributed by atoms with E-state index >= 15 is 0 Å². The van der Waals surface area contributed by atoms with Crippen molar-refractivity contribution < 1.29 is 22.7 Å². The van der Waals surface area contributed by atoms with E-state index in [1.54, 1.807) is 4.90 Å². The minimum Gasteiger partial charge on any atom is -0.383 e. The lowest BCUT2D eigenvalue weighted by Crippen LogP contribution is -2.45. The maximum absolute atomic E-state index is 12.6. The van der Waals surface area contributed by atoms with Gasteiger partial charge in [-0.25, -0.2) is 12.7 Å². The summed E-state index contributed by atoms with van der Waals surface area (Å²) in [6, 6.07) is 4.12. The van der Waals surface area contributed by atoms with E-state index in [1.807, 2.05) is 0 Å². The number of carbonyl (C=O) groups is 2. The third-order valence-corrected chi connectivity index (χ3v) is 6.32. The van der Waals surface area contributed by atoms with Gasteiger partial charge in [0.2, 0.25) is 0 Å². The van der Waals surface area contributed by atoms with Crippen molar-refractivity contribution in [3.05, 3.63) is 29.3 Å². The quantitative estimate of drug-likeness (QED) is 0.782. The van der Waals surface area contributed by atoms with Crippen molar-refractivity contribution >= 4 is 34.2 Å². The second-order valence-electron chi connectivity index (χ2n) is 6.24. The summed E-state index contributed by atoms with van der Waals surface area (Å²) in [6.45, 7) is 1.09. The predicted molar refractivity (Wildman–Crippen MR) is 96.9 cm³/mol. The average Bonchev–Trinajstić information content (AvgIpc) is 2.78. The first-order chi connectivity index (χ1) is 11.9. The fourth-order valence-electron chi connectivity index (χ4n) is 3.18. The first kappa shape index (κ1) is 20.6. The molecule has 0 saturated carbocycles. The number of hydrogen-bond acceptors (Lipinski definition) is 6. The molecule has 3 rings (SSSR count). The third kappa shape index (κ3) is 3.57. The average molecular weight is 404 g/mol. The van der Waals surface area contributed by atoms with Gasteiger partial charge in [-0.05, 0) is 31.0 Å². The number of amides is 2. The van der Waals surface area contributed by atoms with Crippen LogP contribution in [0.25, 0.3) is 0 Å². The molecular weight excluding hydrogens is 382 g/mol. The van der Waals surface area contributed by atoms with E-state index in [4.69, 9.17) is 10.5 Å². The summed E-state index contributed by atoms with van der Waals surface area (Å²) in [6.07, 6.45) is 1.69. The number of carbonyl (C=O) groups excluding carboxylic acids is 2. The fourth-order valence-corrected chi connectivity index (χ4v) is 4.76. The van der Waals surface area contributed by atoms with Gasteiger partial charge in [0.15, 0.2) is 0 Å². The molecule has 0 radical (unpaired) electrons. The standard InChI is InChI=1S/C16H21N3O5S.ClH/c1-24-8-7-19-16(21)13-5-4-11(9-14(13)25(19,22)23)15(20)18-6-2-3-12(17)10-18;/h4-5,9,12H,2-3,6-8,10,17H2,1H3;1H. The van der Waals surface area contributed by atoms with Crippen molar-refractivity contribution in [3.63, 3.8) is 0 Å². The molecule has 2 heterocycles. The van der Waals surface area contributed by atoms with Crippen molar-refractivity contribution in [1.82, 2.24) is 9.21 Å². The molecule has 1 fully saturated rings. The van der Waals surface area contributed by atoms with Crippen LogP contribution in [0.5, 0.6) is 0 Å². The molecule has 1 atom stereocenters. The Morgan fingerprint density at radius 3 is 2.77 bits per heavy atom. The summed E-state index contributed by atoms with van der Waals surface area (Å²) < 4.78 is 30.9. The molecule has 2 N–H and O–H groups in total. The molecular formula is C16H22ClN3O5S. The van der Waals surface area contributed by atoms with Crippen LogP contribution in [0.15, 0.2) is 23.1 Å². The van der Waals surface area contributed by atoms with Gasteiger partial charge in [-0.1, -0.05) is 0 Å². The molecule has 2 aliphatic rings. The summed E-state index contributed by atoms with van der Waals surface area (Å²) in [5, 5.41) is 0. The molecule has 2 amide bonds. The molecule has 144 valence electrons. The van der Waals surface area contributed by atoms with Crippen LogP contribution in [0.3, 0.4) is 0 Å². The first-order valence-electron chi connectivity index (χ1n) is 8.11. The van der Waals surface area contributed by atoms with E-state index in [9.17, 15) is 18.0 Å². The minimum atomic E-state index is -3.96. The highest BCUT2D eigenvalue weighted by molar-refractivity contribution is 7.90. The van der Waals surface area contributed by atoms with Crippen LogP contribution in [-0.2, 0) is 14.8 Å². The molecule has 1 saturated heterocycles. The summed E-state index contributed by atoms with van der Waals surface area (Å²) >= 11 is 0. The Morgan fingerprint density at radius 2 is 2.12 bits per heavy atom. The van der Waals surface area contributed by atoms with Gasteiger partial charge in [-0.3, -0.25) is 9.59 Å². The van der Waals surface area contributed by atoms with Crippen molar-refractivity contribution in [2.75, 3.05) is 33.4 Å². The second kappa shape index (κ2) is 7.91. The lowest BCUT2D eigenvalue weighted by atomic mass is 10.0. The lowest BCUT2D eigenvalue weighted by molar-refractivity contribution is 0.0707. The van der Waals surface area contributed by atoms with Gasteiger partial charge in [0.1, 0.15) is 4.90 Å². The fraction of sp³-hybridized carbons (Fsp3) is 0.500. The third-order valence-electron chi connectivity index (χ3n) is 4.50. The Kier molecular flexibility index (Phi) is 6.28. The molecule has 2 aliphatic heterocycles. The van der Waals surface area contributed by atoms with Gasteiger partial charge >= 0.3 is 0 Å². The van der Waals surface area contributed by atoms with Crippen LogP contribution >= 0.6 is 12.4 Å². The Labute approximate surface area is 158 Å². The molecule has 1 aromatic rings. The number of sulfonamides is 1. The summed E-state index contributed by atoms with van der Waals surface area (Å²) in [7, 11) is -2.53. The van der Waals surface area contributed by atoms with Crippen LogP contribution < -0.4 is 5.73 Å². The molecule has 1 aromatic carbocycles. The van der Waals surface area contributed by atoms with Crippen LogP contribution in [0.2, 0.25) is 0 Å². The number of fused-ring (bicyclic) bond motifs is 1. The van der Waals surface area contributed by atoms with Crippen molar-refractivity contribution in [2.45, 2.75) is 23.8 Å². The van der Waals surface area contributed by atoms with Gasteiger partial charge in [0, 0.05) is 31.8 Å². The van der Waals surface area contributed by atoms with E-state index in [-0.39, 0.29) is 53.5 Å². The number of likely N-dealkylation sites (tertiary alicyclic amines) is 1. The molecule has 0 aromatic heterocycles. The van der Waals surface area contributed by atoms with Crippen LogP contribution in [0, 0.1) is 0 Å². The Hall–Kier alpha value is -1.68. The number of hydrogen-bond donors (Lipinski definition) is 1. The largest absolute Gasteiger partial charge is 0.383 e. The number of methoxy groups -OCH3 is 1. The van der Waals surface area contributed by atoms with E-state index in [0.717, 1.165) is 17.1 Å². The van der Waals surface area contributed by atoms with E-state index in [2.05, 4.69) is 0 Å². The van der Waals surface area contributed by atoms with Crippen LogP contribution in [-0.4, -0.2) is 68.8 Å². The summed E-state index contributed by atoms with van der Waals surface area (Å²) in [5.41, 5.74) is 6.24. The van der Waals surface area contributed by atoms with E-state index < -0.39 is 15.9 Å². The van der Waals surface area contributed by atoms with Gasteiger partial charge in [0.25, 0.3) is 21.8 Å². The second-order valence-corrected chi connectivity index (χ2v) is 8.07. The number of nitrogens with zero attached hydrogens (tertiary/aromatic N) is 2. The van der Waals surface area contributed by atoms with Gasteiger partial charge < -0.3 is 15.4 Å². The van der Waals surface area contributed by atoms with Gasteiger partial charge in [-0.2, -0.15) is 0 Å². The maximum atomic E-state index is 12.6. The number of rotatable bonds is 4. The van der Waals surface area contributed by atoms with Crippen molar-refractivity contribution in [2.24, 2.45) is 5.73 Å². The maximum Gasteiger partial charge on any atom is 0.269 e. The molecule has 10 heteroatoms. The van der Waals surface area contributed by atoms with Crippen LogP contribution in [0.1, 0.15) is 33.6 Å². The number of halogens is 1. The Bertz CT molecular complexity index is 814. The number of benzene rings is 1. The van der Waals surface area contributed by atoms with E-state index in [1.165, 1.54) is 25.3 Å². The zero-order valence-electron chi connectivity index (χ0n) is 14.4. The SMILES string of the molecule is COCCN1C(=O)c2ccc(C(=O)N3CCCC(N)C3)cc2S1(=O)=O.Cl. The zero-order chi connectivity index (χ0) is 18.2.